The summed E-state index contributed by atoms with van der Waals surface area (Å²) in [5, 5.41) is 11.0. The predicted molar refractivity (Wildman–Crippen MR) is 117 cm³/mol. The molecule has 30 heavy (non-hydrogen) atoms. The van der Waals surface area contributed by atoms with Crippen LogP contribution in [0.2, 0.25) is 0 Å². The first kappa shape index (κ1) is 22.2. The second-order valence-electron chi connectivity index (χ2n) is 6.78. The Balaban J connectivity index is 1.54. The number of carbonyl (C=O) groups is 3. The van der Waals surface area contributed by atoms with Crippen LogP contribution in [0.1, 0.15) is 32.3 Å². The second-order valence-corrected chi connectivity index (χ2v) is 8.98. The number of carbonyl (C=O) groups excluding carboxylic acids is 3. The number of esters is 1. The van der Waals surface area contributed by atoms with E-state index in [0.717, 1.165) is 18.5 Å². The monoisotopic (exact) mass is 448 g/mol. The molecule has 2 heterocycles. The van der Waals surface area contributed by atoms with Gasteiger partial charge in [-0.05, 0) is 31.0 Å². The minimum Gasteiger partial charge on any atom is -0.465 e. The molecular weight excluding hydrogens is 424 g/mol. The van der Waals surface area contributed by atoms with Crippen molar-refractivity contribution in [3.8, 4) is 0 Å². The predicted octanol–water partition coefficient (Wildman–Crippen LogP) is 3.14. The van der Waals surface area contributed by atoms with E-state index in [2.05, 4.69) is 22.4 Å². The molecule has 0 bridgehead atoms. The van der Waals surface area contributed by atoms with Crippen LogP contribution in [0.25, 0.3) is 0 Å². The zero-order chi connectivity index (χ0) is 21.5. The fraction of sp³-hybridized carbons (Fsp3) is 0.450. The minimum atomic E-state index is -0.452. The minimum absolute atomic E-state index is 0.0682. The fourth-order valence-corrected chi connectivity index (χ4v) is 4.67. The summed E-state index contributed by atoms with van der Waals surface area (Å²) in [5.74, 6) is -0.963. The molecule has 1 saturated heterocycles. The van der Waals surface area contributed by atoms with Gasteiger partial charge in [0.25, 0.3) is 0 Å². The van der Waals surface area contributed by atoms with E-state index in [1.807, 2.05) is 24.3 Å². The topological polar surface area (TPSA) is 101 Å². The lowest BCUT2D eigenvalue weighted by molar-refractivity contribution is -0.139. The molecule has 0 aliphatic carbocycles. The Hall–Kier alpha value is -2.46. The van der Waals surface area contributed by atoms with Crippen molar-refractivity contribution >= 4 is 51.7 Å². The molecule has 10 heteroatoms. The molecule has 1 fully saturated rings. The Kier molecular flexibility index (Phi) is 7.81. The number of amides is 2. The van der Waals surface area contributed by atoms with E-state index >= 15 is 0 Å². The summed E-state index contributed by atoms with van der Waals surface area (Å²) in [6, 6.07) is 7.91. The average Bonchev–Trinajstić information content (AvgIpc) is 3.34. The Morgan fingerprint density at radius 1 is 1.27 bits per heavy atom. The van der Waals surface area contributed by atoms with Crippen LogP contribution in [0, 0.1) is 5.92 Å². The van der Waals surface area contributed by atoms with Crippen LogP contribution in [-0.2, 0) is 25.5 Å². The van der Waals surface area contributed by atoms with E-state index < -0.39 is 5.92 Å². The van der Waals surface area contributed by atoms with Gasteiger partial charge in [-0.25, -0.2) is 0 Å². The van der Waals surface area contributed by atoms with Crippen molar-refractivity contribution in [3.05, 3.63) is 29.8 Å². The van der Waals surface area contributed by atoms with Crippen molar-refractivity contribution in [3.63, 3.8) is 0 Å². The van der Waals surface area contributed by atoms with Gasteiger partial charge in [0.05, 0.1) is 18.3 Å². The van der Waals surface area contributed by atoms with Gasteiger partial charge in [-0.15, -0.1) is 10.2 Å². The third kappa shape index (κ3) is 5.79. The first-order valence-corrected chi connectivity index (χ1v) is 11.6. The third-order valence-electron chi connectivity index (χ3n) is 4.54. The highest BCUT2D eigenvalue weighted by Gasteiger charge is 2.35. The van der Waals surface area contributed by atoms with E-state index in [-0.39, 0.29) is 30.0 Å². The molecule has 0 saturated carbocycles. The summed E-state index contributed by atoms with van der Waals surface area (Å²) in [4.78, 5) is 38.1. The van der Waals surface area contributed by atoms with Crippen molar-refractivity contribution in [2.24, 2.45) is 5.92 Å². The summed E-state index contributed by atoms with van der Waals surface area (Å²) in [5.41, 5.74) is 2.04. The van der Waals surface area contributed by atoms with Gasteiger partial charge in [0, 0.05) is 18.7 Å². The van der Waals surface area contributed by atoms with Crippen LogP contribution in [0.3, 0.4) is 0 Å². The van der Waals surface area contributed by atoms with E-state index in [9.17, 15) is 14.4 Å². The zero-order valence-electron chi connectivity index (χ0n) is 16.9. The standard InChI is InChI=1S/C20H24N4O4S2/c1-3-5-13-6-8-15(9-7-13)24-11-14(10-16(24)25)18(27)21-19-22-23-20(30-19)29-12-17(26)28-4-2/h6-9,14H,3-5,10-12H2,1-2H3,(H,21,22,27). The van der Waals surface area contributed by atoms with E-state index in [1.54, 1.807) is 11.8 Å². The fourth-order valence-electron chi connectivity index (χ4n) is 3.11. The molecule has 0 spiro atoms. The van der Waals surface area contributed by atoms with Gasteiger partial charge in [-0.1, -0.05) is 48.6 Å². The number of benzene rings is 1. The molecule has 8 nitrogen and oxygen atoms in total. The SMILES string of the molecule is CCCc1ccc(N2CC(C(=O)Nc3nnc(SCC(=O)OCC)s3)CC2=O)cc1. The summed E-state index contributed by atoms with van der Waals surface area (Å²) < 4.78 is 5.43. The zero-order valence-corrected chi connectivity index (χ0v) is 18.6. The number of anilines is 2. The molecule has 1 aromatic carbocycles. The maximum Gasteiger partial charge on any atom is 0.316 e. The smallest absolute Gasteiger partial charge is 0.316 e. The number of hydrogen-bond donors (Lipinski definition) is 1. The first-order chi connectivity index (χ1) is 14.5. The normalized spacial score (nSPS) is 16.0. The lowest BCUT2D eigenvalue weighted by atomic mass is 10.1. The summed E-state index contributed by atoms with van der Waals surface area (Å²) in [6.07, 6.45) is 2.23. The lowest BCUT2D eigenvalue weighted by Gasteiger charge is -2.17. The van der Waals surface area contributed by atoms with Gasteiger partial charge in [-0.2, -0.15) is 0 Å². The Labute approximate surface area is 183 Å². The molecule has 1 aromatic heterocycles. The summed E-state index contributed by atoms with van der Waals surface area (Å²) in [6.45, 7) is 4.54. The van der Waals surface area contributed by atoms with Crippen LogP contribution in [-0.4, -0.2) is 46.9 Å². The Morgan fingerprint density at radius 2 is 2.03 bits per heavy atom. The number of aromatic nitrogens is 2. The van der Waals surface area contributed by atoms with Crippen LogP contribution in [0.4, 0.5) is 10.8 Å². The number of aryl methyl sites for hydroxylation is 1. The average molecular weight is 449 g/mol. The molecule has 1 aliphatic rings. The summed E-state index contributed by atoms with van der Waals surface area (Å²) >= 11 is 2.39. The molecule has 2 amide bonds. The maximum absolute atomic E-state index is 12.6. The van der Waals surface area contributed by atoms with Gasteiger partial charge in [0.2, 0.25) is 16.9 Å². The van der Waals surface area contributed by atoms with Crippen LogP contribution < -0.4 is 10.2 Å². The molecule has 3 rings (SSSR count). The lowest BCUT2D eigenvalue weighted by Crippen LogP contribution is -2.28. The number of thioether (sulfide) groups is 1. The number of rotatable bonds is 9. The number of nitrogens with one attached hydrogen (secondary N) is 1. The van der Waals surface area contributed by atoms with Crippen molar-refractivity contribution in [2.75, 3.05) is 29.1 Å². The van der Waals surface area contributed by atoms with Crippen LogP contribution >= 0.6 is 23.1 Å². The largest absolute Gasteiger partial charge is 0.465 e. The molecule has 1 aliphatic heterocycles. The Bertz CT molecular complexity index is 900. The van der Waals surface area contributed by atoms with Crippen molar-refractivity contribution < 1.29 is 19.1 Å². The number of ether oxygens (including phenoxy) is 1. The highest BCUT2D eigenvalue weighted by atomic mass is 32.2. The highest BCUT2D eigenvalue weighted by Crippen LogP contribution is 2.29. The molecule has 1 unspecified atom stereocenters. The maximum atomic E-state index is 12.6. The molecule has 160 valence electrons. The summed E-state index contributed by atoms with van der Waals surface area (Å²) in [7, 11) is 0. The van der Waals surface area contributed by atoms with Gasteiger partial charge in [0.15, 0.2) is 4.34 Å². The number of nitrogens with zero attached hydrogens (tertiary/aromatic N) is 3. The van der Waals surface area contributed by atoms with E-state index in [4.69, 9.17) is 4.74 Å². The highest BCUT2D eigenvalue weighted by molar-refractivity contribution is 8.01. The number of hydrogen-bond acceptors (Lipinski definition) is 8. The van der Waals surface area contributed by atoms with E-state index in [0.29, 0.717) is 22.6 Å². The van der Waals surface area contributed by atoms with Crippen molar-refractivity contribution in [1.82, 2.24) is 10.2 Å². The van der Waals surface area contributed by atoms with Crippen molar-refractivity contribution in [2.45, 2.75) is 37.4 Å². The molecule has 1 N–H and O–H groups in total. The molecule has 0 radical (unpaired) electrons. The molecule has 1 atom stereocenters. The first-order valence-electron chi connectivity index (χ1n) is 9.82. The van der Waals surface area contributed by atoms with Gasteiger partial charge in [0.1, 0.15) is 0 Å². The third-order valence-corrected chi connectivity index (χ3v) is 6.48. The van der Waals surface area contributed by atoms with Gasteiger partial charge in [-0.3, -0.25) is 14.4 Å². The van der Waals surface area contributed by atoms with Gasteiger partial charge >= 0.3 is 5.97 Å². The molecule has 2 aromatic rings. The molecular formula is C20H24N4O4S2. The van der Waals surface area contributed by atoms with E-state index in [1.165, 1.54) is 28.7 Å². The van der Waals surface area contributed by atoms with Crippen LogP contribution in [0.15, 0.2) is 28.6 Å². The Morgan fingerprint density at radius 3 is 2.73 bits per heavy atom. The van der Waals surface area contributed by atoms with Crippen LogP contribution in [0.5, 0.6) is 0 Å². The van der Waals surface area contributed by atoms with Crippen molar-refractivity contribution in [1.29, 1.82) is 0 Å². The quantitative estimate of drug-likeness (QED) is 0.357. The second kappa shape index (κ2) is 10.5. The van der Waals surface area contributed by atoms with Gasteiger partial charge < -0.3 is 15.0 Å².